The van der Waals surface area contributed by atoms with Crippen molar-refractivity contribution in [1.82, 2.24) is 4.90 Å². The van der Waals surface area contributed by atoms with E-state index in [1.54, 1.807) is 0 Å². The zero-order valence-electron chi connectivity index (χ0n) is 9.65. The topological polar surface area (TPSA) is 29.5 Å². The molecule has 0 aromatic heterocycles. The number of piperidine rings is 2. The first kappa shape index (κ1) is 11.5. The van der Waals surface area contributed by atoms with Gasteiger partial charge in [-0.3, -0.25) is 4.90 Å². The summed E-state index contributed by atoms with van der Waals surface area (Å²) in [5.74, 6) is 1.97. The lowest BCUT2D eigenvalue weighted by atomic mass is 9.84. The molecule has 2 unspecified atom stereocenters. The SMILES string of the molecule is C#CC(=O)OCC1CCCN2CCCCC12. The molecule has 0 aliphatic carbocycles. The summed E-state index contributed by atoms with van der Waals surface area (Å²) in [5.41, 5.74) is 0. The molecule has 0 aromatic rings. The monoisotopic (exact) mass is 221 g/mol. The Morgan fingerprint density at radius 3 is 2.94 bits per heavy atom. The zero-order valence-corrected chi connectivity index (χ0v) is 9.65. The van der Waals surface area contributed by atoms with Crippen LogP contribution in [0.5, 0.6) is 0 Å². The molecule has 16 heavy (non-hydrogen) atoms. The van der Waals surface area contributed by atoms with Crippen molar-refractivity contribution < 1.29 is 9.53 Å². The molecular formula is C13H19NO2. The van der Waals surface area contributed by atoms with E-state index < -0.39 is 5.97 Å². The molecule has 0 bridgehead atoms. The molecule has 2 fully saturated rings. The Bertz CT molecular complexity index is 293. The van der Waals surface area contributed by atoms with Crippen molar-refractivity contribution in [2.75, 3.05) is 19.7 Å². The van der Waals surface area contributed by atoms with Gasteiger partial charge in [0, 0.05) is 17.9 Å². The Morgan fingerprint density at radius 1 is 1.31 bits per heavy atom. The number of fused-ring (bicyclic) bond motifs is 1. The number of rotatable bonds is 2. The Morgan fingerprint density at radius 2 is 2.12 bits per heavy atom. The molecule has 0 amide bonds. The van der Waals surface area contributed by atoms with E-state index in [4.69, 9.17) is 11.2 Å². The molecule has 3 heteroatoms. The highest BCUT2D eigenvalue weighted by atomic mass is 16.5. The molecule has 2 rings (SSSR count). The predicted molar refractivity (Wildman–Crippen MR) is 61.7 cm³/mol. The van der Waals surface area contributed by atoms with Crippen molar-refractivity contribution in [2.24, 2.45) is 5.92 Å². The van der Waals surface area contributed by atoms with Gasteiger partial charge in [0.15, 0.2) is 0 Å². The van der Waals surface area contributed by atoms with Crippen molar-refractivity contribution in [2.45, 2.75) is 38.1 Å². The predicted octanol–water partition coefficient (Wildman–Crippen LogP) is 1.43. The summed E-state index contributed by atoms with van der Waals surface area (Å²) in [6, 6.07) is 0.619. The molecule has 3 nitrogen and oxygen atoms in total. The second kappa shape index (κ2) is 5.36. The van der Waals surface area contributed by atoms with Gasteiger partial charge in [-0.1, -0.05) is 6.42 Å². The van der Waals surface area contributed by atoms with Crippen molar-refractivity contribution in [1.29, 1.82) is 0 Å². The largest absolute Gasteiger partial charge is 0.456 e. The fraction of sp³-hybridized carbons (Fsp3) is 0.769. The highest BCUT2D eigenvalue weighted by Crippen LogP contribution is 2.30. The normalized spacial score (nSPS) is 30.2. The summed E-state index contributed by atoms with van der Waals surface area (Å²) >= 11 is 0. The lowest BCUT2D eigenvalue weighted by molar-refractivity contribution is -0.139. The lowest BCUT2D eigenvalue weighted by Crippen LogP contribution is -2.49. The highest BCUT2D eigenvalue weighted by molar-refractivity contribution is 5.87. The number of ether oxygens (including phenoxy) is 1. The van der Waals surface area contributed by atoms with Gasteiger partial charge in [-0.15, -0.1) is 6.42 Å². The molecule has 2 aliphatic rings. The van der Waals surface area contributed by atoms with Crippen molar-refractivity contribution >= 4 is 5.97 Å². The van der Waals surface area contributed by atoms with E-state index in [1.165, 1.54) is 45.2 Å². The summed E-state index contributed by atoms with van der Waals surface area (Å²) in [4.78, 5) is 13.5. The number of terminal acetylenes is 1. The van der Waals surface area contributed by atoms with Crippen LogP contribution in [0.15, 0.2) is 0 Å². The second-order valence-corrected chi connectivity index (χ2v) is 4.74. The lowest BCUT2D eigenvalue weighted by Gasteiger charge is -2.44. The van der Waals surface area contributed by atoms with Crippen molar-refractivity contribution in [3.63, 3.8) is 0 Å². The van der Waals surface area contributed by atoms with Gasteiger partial charge < -0.3 is 4.74 Å². The smallest absolute Gasteiger partial charge is 0.384 e. The van der Waals surface area contributed by atoms with Crippen LogP contribution in [-0.2, 0) is 9.53 Å². The van der Waals surface area contributed by atoms with Crippen LogP contribution in [0, 0.1) is 18.3 Å². The van der Waals surface area contributed by atoms with Crippen molar-refractivity contribution in [3.05, 3.63) is 0 Å². The minimum Gasteiger partial charge on any atom is -0.456 e. The van der Waals surface area contributed by atoms with Gasteiger partial charge in [0.1, 0.15) is 0 Å². The average molecular weight is 221 g/mol. The summed E-state index contributed by atoms with van der Waals surface area (Å²) < 4.78 is 5.08. The highest BCUT2D eigenvalue weighted by Gasteiger charge is 2.33. The van der Waals surface area contributed by atoms with Gasteiger partial charge in [0.05, 0.1) is 6.61 Å². The first-order valence-electron chi connectivity index (χ1n) is 6.18. The summed E-state index contributed by atoms with van der Waals surface area (Å²) in [5, 5.41) is 0. The summed E-state index contributed by atoms with van der Waals surface area (Å²) in [7, 11) is 0. The number of carbonyl (C=O) groups excluding carboxylic acids is 1. The maximum absolute atomic E-state index is 10.9. The van der Waals surface area contributed by atoms with E-state index in [9.17, 15) is 4.79 Å². The third-order valence-electron chi connectivity index (χ3n) is 3.77. The van der Waals surface area contributed by atoms with E-state index in [-0.39, 0.29) is 0 Å². The molecule has 2 heterocycles. The van der Waals surface area contributed by atoms with Crippen LogP contribution in [-0.4, -0.2) is 36.6 Å². The van der Waals surface area contributed by atoms with Gasteiger partial charge in [-0.2, -0.15) is 0 Å². The summed E-state index contributed by atoms with van der Waals surface area (Å²) in [6.07, 6.45) is 11.2. The number of hydrogen-bond acceptors (Lipinski definition) is 3. The fourth-order valence-corrected chi connectivity index (χ4v) is 3.00. The van der Waals surface area contributed by atoms with E-state index in [1.807, 2.05) is 5.92 Å². The molecule has 0 spiro atoms. The minimum absolute atomic E-state index is 0.492. The molecule has 0 radical (unpaired) electrons. The Labute approximate surface area is 97.1 Å². The molecule has 2 aliphatic heterocycles. The second-order valence-electron chi connectivity index (χ2n) is 4.74. The van der Waals surface area contributed by atoms with E-state index in [0.29, 0.717) is 18.6 Å². The maximum Gasteiger partial charge on any atom is 0.384 e. The number of esters is 1. The number of hydrogen-bond donors (Lipinski definition) is 0. The first-order chi connectivity index (χ1) is 7.81. The van der Waals surface area contributed by atoms with Gasteiger partial charge in [-0.05, 0) is 38.8 Å². The van der Waals surface area contributed by atoms with Crippen LogP contribution in [0.2, 0.25) is 0 Å². The quantitative estimate of drug-likeness (QED) is 0.401. The summed E-state index contributed by atoms with van der Waals surface area (Å²) in [6.45, 7) is 2.93. The first-order valence-corrected chi connectivity index (χ1v) is 6.18. The molecule has 88 valence electrons. The fourth-order valence-electron chi connectivity index (χ4n) is 3.00. The van der Waals surface area contributed by atoms with E-state index in [2.05, 4.69) is 4.90 Å². The van der Waals surface area contributed by atoms with Gasteiger partial charge >= 0.3 is 5.97 Å². The third kappa shape index (κ3) is 2.56. The molecule has 2 saturated heterocycles. The van der Waals surface area contributed by atoms with E-state index >= 15 is 0 Å². The number of carbonyl (C=O) groups is 1. The van der Waals surface area contributed by atoms with Crippen LogP contribution < -0.4 is 0 Å². The van der Waals surface area contributed by atoms with Gasteiger partial charge in [-0.25, -0.2) is 4.79 Å². The van der Waals surface area contributed by atoms with Crippen molar-refractivity contribution in [3.8, 4) is 12.3 Å². The molecule has 2 atom stereocenters. The van der Waals surface area contributed by atoms with Crippen LogP contribution in [0.3, 0.4) is 0 Å². The molecular weight excluding hydrogens is 202 g/mol. The Hall–Kier alpha value is -1.01. The van der Waals surface area contributed by atoms with Crippen LogP contribution in [0.1, 0.15) is 32.1 Å². The molecule has 0 aromatic carbocycles. The number of nitrogens with zero attached hydrogens (tertiary/aromatic N) is 1. The minimum atomic E-state index is -0.520. The van der Waals surface area contributed by atoms with Gasteiger partial charge in [0.25, 0.3) is 0 Å². The average Bonchev–Trinajstić information content (AvgIpc) is 2.35. The molecule has 0 saturated carbocycles. The Kier molecular flexibility index (Phi) is 3.84. The van der Waals surface area contributed by atoms with E-state index in [0.717, 1.165) is 0 Å². The standard InChI is InChI=1S/C13H19NO2/c1-2-13(15)16-10-11-6-5-9-14-8-4-3-7-12(11)14/h1,11-12H,3-10H2. The van der Waals surface area contributed by atoms with Gasteiger partial charge in [0.2, 0.25) is 0 Å². The Balaban J connectivity index is 1.87. The van der Waals surface area contributed by atoms with Crippen LogP contribution >= 0.6 is 0 Å². The van der Waals surface area contributed by atoms with Crippen LogP contribution in [0.25, 0.3) is 0 Å². The molecule has 0 N–H and O–H groups in total. The third-order valence-corrected chi connectivity index (χ3v) is 3.77. The zero-order chi connectivity index (χ0) is 11.4. The van der Waals surface area contributed by atoms with Crippen LogP contribution in [0.4, 0.5) is 0 Å². The maximum atomic E-state index is 10.9.